The zero-order valence-corrected chi connectivity index (χ0v) is 21.6. The summed E-state index contributed by atoms with van der Waals surface area (Å²) in [6.07, 6.45) is 6.03. The van der Waals surface area contributed by atoms with Crippen molar-refractivity contribution in [2.45, 2.75) is 50.2 Å². The molecule has 194 valence electrons. The summed E-state index contributed by atoms with van der Waals surface area (Å²) in [7, 11) is -3.89. The van der Waals surface area contributed by atoms with E-state index in [4.69, 9.17) is 14.0 Å². The first-order valence-corrected chi connectivity index (χ1v) is 14.0. The van der Waals surface area contributed by atoms with Crippen LogP contribution in [0.5, 0.6) is 0 Å². The summed E-state index contributed by atoms with van der Waals surface area (Å²) in [5, 5.41) is 3.94. The maximum absolute atomic E-state index is 13.7. The number of carbonyl (C=O) groups excluding carboxylic acids is 1. The van der Waals surface area contributed by atoms with Crippen LogP contribution in [0.1, 0.15) is 48.3 Å². The van der Waals surface area contributed by atoms with Crippen molar-refractivity contribution >= 4 is 28.1 Å². The van der Waals surface area contributed by atoms with Crippen molar-refractivity contribution in [3.05, 3.63) is 46.8 Å². The van der Waals surface area contributed by atoms with Gasteiger partial charge in [0, 0.05) is 39.0 Å². The Bertz CT molecular complexity index is 1220. The first kappa shape index (κ1) is 25.1. The van der Waals surface area contributed by atoms with Crippen molar-refractivity contribution in [1.82, 2.24) is 14.4 Å². The second kappa shape index (κ2) is 10.1. The van der Waals surface area contributed by atoms with Crippen LogP contribution in [0.15, 0.2) is 33.7 Å². The van der Waals surface area contributed by atoms with Gasteiger partial charge in [-0.15, -0.1) is 0 Å². The lowest BCUT2D eigenvalue weighted by atomic mass is 9.96. The van der Waals surface area contributed by atoms with Gasteiger partial charge in [-0.1, -0.05) is 41.1 Å². The zero-order chi connectivity index (χ0) is 25.3. The molecule has 5 rings (SSSR count). The van der Waals surface area contributed by atoms with E-state index in [2.05, 4.69) is 5.16 Å². The Hall–Kier alpha value is -2.53. The molecule has 1 aromatic heterocycles. The van der Waals surface area contributed by atoms with Crippen molar-refractivity contribution in [1.29, 1.82) is 0 Å². The van der Waals surface area contributed by atoms with Crippen molar-refractivity contribution < 1.29 is 27.2 Å². The molecule has 1 amide bonds. The molecule has 3 saturated heterocycles. The molecule has 4 heterocycles. The van der Waals surface area contributed by atoms with Gasteiger partial charge in [0.25, 0.3) is 0 Å². The molecule has 0 radical (unpaired) electrons. The molecular formula is C26H33N3O6S. The highest BCUT2D eigenvalue weighted by atomic mass is 32.2. The molecule has 1 aromatic carbocycles. The average molecular weight is 516 g/mol. The standard InChI is InChI=1S/C26H33N3O6S/c1-19-5-7-21(8-6-19)9-10-23-24(20(2)27-35-23)36(31,32)29-13-3-4-22(18-29)25(30)28-14-11-26(12-15-28)33-16-17-34-26/h5-10,22H,3-4,11-18H2,1-2H3/b10-9+/t22-/m1/s1. The lowest BCUT2D eigenvalue weighted by Crippen LogP contribution is -2.51. The van der Waals surface area contributed by atoms with Crippen LogP contribution in [0.2, 0.25) is 0 Å². The topological polar surface area (TPSA) is 102 Å². The predicted octanol–water partition coefficient (Wildman–Crippen LogP) is 3.23. The fourth-order valence-corrected chi connectivity index (χ4v) is 7.03. The van der Waals surface area contributed by atoms with Crippen molar-refractivity contribution in [3.63, 3.8) is 0 Å². The normalized spacial score (nSPS) is 23.1. The summed E-state index contributed by atoms with van der Waals surface area (Å²) in [6.45, 7) is 6.45. The van der Waals surface area contributed by atoms with Crippen LogP contribution >= 0.6 is 0 Å². The van der Waals surface area contributed by atoms with Gasteiger partial charge >= 0.3 is 0 Å². The fourth-order valence-electron chi connectivity index (χ4n) is 5.25. The molecule has 3 fully saturated rings. The molecule has 0 aliphatic carbocycles. The van der Waals surface area contributed by atoms with Gasteiger partial charge in [-0.2, -0.15) is 4.31 Å². The van der Waals surface area contributed by atoms with E-state index >= 15 is 0 Å². The fraction of sp³-hybridized carbons (Fsp3) is 0.538. The minimum absolute atomic E-state index is 0.00396. The second-order valence-corrected chi connectivity index (χ2v) is 11.7. The molecule has 0 saturated carbocycles. The number of ether oxygens (including phenoxy) is 2. The molecule has 0 bridgehead atoms. The molecule has 3 aliphatic rings. The smallest absolute Gasteiger partial charge is 0.248 e. The Kier molecular flexibility index (Phi) is 7.04. The highest BCUT2D eigenvalue weighted by Crippen LogP contribution is 2.34. The molecule has 0 N–H and O–H groups in total. The number of amides is 1. The van der Waals surface area contributed by atoms with Gasteiger partial charge in [0.1, 0.15) is 5.69 Å². The first-order chi connectivity index (χ1) is 17.3. The van der Waals surface area contributed by atoms with Crippen LogP contribution in [0, 0.1) is 19.8 Å². The van der Waals surface area contributed by atoms with Crippen molar-refractivity contribution in [2.24, 2.45) is 5.92 Å². The van der Waals surface area contributed by atoms with E-state index < -0.39 is 15.8 Å². The molecule has 1 spiro atoms. The Balaban J connectivity index is 1.29. The van der Waals surface area contributed by atoms with E-state index in [0.717, 1.165) is 11.1 Å². The Morgan fingerprint density at radius 3 is 2.44 bits per heavy atom. The molecule has 1 atom stereocenters. The number of hydrogen-bond donors (Lipinski definition) is 0. The van der Waals surface area contributed by atoms with E-state index in [1.807, 2.05) is 42.2 Å². The quantitative estimate of drug-likeness (QED) is 0.602. The molecule has 3 aliphatic heterocycles. The summed E-state index contributed by atoms with van der Waals surface area (Å²) in [5.74, 6) is -0.726. The van der Waals surface area contributed by atoms with Crippen LogP contribution in [-0.4, -0.2) is 73.9 Å². The van der Waals surface area contributed by atoms with Crippen molar-refractivity contribution in [3.8, 4) is 0 Å². The second-order valence-electron chi connectivity index (χ2n) is 9.84. The SMILES string of the molecule is Cc1ccc(/C=C/c2onc(C)c2S(=O)(=O)N2CCC[C@@H](C(=O)N3CCC4(CC3)OCCO4)C2)cc1. The van der Waals surface area contributed by atoms with Crippen molar-refractivity contribution in [2.75, 3.05) is 39.4 Å². The monoisotopic (exact) mass is 515 g/mol. The zero-order valence-electron chi connectivity index (χ0n) is 20.8. The summed E-state index contributed by atoms with van der Waals surface area (Å²) in [4.78, 5) is 15.2. The minimum Gasteiger partial charge on any atom is -0.355 e. The third-order valence-electron chi connectivity index (χ3n) is 7.32. The van der Waals surface area contributed by atoms with Gasteiger partial charge in [-0.05, 0) is 38.3 Å². The third-order valence-corrected chi connectivity index (χ3v) is 9.34. The number of rotatable bonds is 5. The number of carbonyl (C=O) groups is 1. The molecule has 2 aromatic rings. The first-order valence-electron chi connectivity index (χ1n) is 12.6. The largest absolute Gasteiger partial charge is 0.355 e. The van der Waals surface area contributed by atoms with E-state index in [1.165, 1.54) is 4.31 Å². The highest BCUT2D eigenvalue weighted by Gasteiger charge is 2.43. The maximum atomic E-state index is 13.7. The predicted molar refractivity (Wildman–Crippen MR) is 133 cm³/mol. The van der Waals surface area contributed by atoms with Crippen LogP contribution < -0.4 is 0 Å². The average Bonchev–Trinajstić information content (AvgIpc) is 3.50. The lowest BCUT2D eigenvalue weighted by molar-refractivity contribution is -0.188. The Morgan fingerprint density at radius 1 is 1.06 bits per heavy atom. The highest BCUT2D eigenvalue weighted by molar-refractivity contribution is 7.89. The minimum atomic E-state index is -3.89. The van der Waals surface area contributed by atoms with Crippen LogP contribution in [0.25, 0.3) is 12.2 Å². The van der Waals surface area contributed by atoms with Gasteiger partial charge in [0.05, 0.1) is 19.1 Å². The molecule has 0 unspecified atom stereocenters. The molecular weight excluding hydrogens is 482 g/mol. The van der Waals surface area contributed by atoms with Crippen LogP contribution in [-0.2, 0) is 24.3 Å². The lowest BCUT2D eigenvalue weighted by Gasteiger charge is -2.40. The number of sulfonamides is 1. The summed E-state index contributed by atoms with van der Waals surface area (Å²) >= 11 is 0. The molecule has 10 heteroatoms. The Labute approximate surface area is 212 Å². The van der Waals surface area contributed by atoms with Gasteiger partial charge in [0.2, 0.25) is 15.9 Å². The third kappa shape index (κ3) is 5.00. The number of aromatic nitrogens is 1. The van der Waals surface area contributed by atoms with Gasteiger partial charge in [-0.25, -0.2) is 8.42 Å². The number of benzene rings is 1. The number of aryl methyl sites for hydroxylation is 2. The van der Waals surface area contributed by atoms with Gasteiger partial charge in [-0.3, -0.25) is 4.79 Å². The summed E-state index contributed by atoms with van der Waals surface area (Å²) in [5.41, 5.74) is 2.38. The number of nitrogens with zero attached hydrogens (tertiary/aromatic N) is 3. The van der Waals surface area contributed by atoms with Gasteiger partial charge < -0.3 is 18.9 Å². The van der Waals surface area contributed by atoms with E-state index in [9.17, 15) is 13.2 Å². The number of piperidine rings is 2. The van der Waals surface area contributed by atoms with Crippen LogP contribution in [0.3, 0.4) is 0 Å². The van der Waals surface area contributed by atoms with Gasteiger partial charge in [0.15, 0.2) is 16.4 Å². The van der Waals surface area contributed by atoms with E-state index in [-0.39, 0.29) is 29.0 Å². The van der Waals surface area contributed by atoms with E-state index in [0.29, 0.717) is 64.2 Å². The number of likely N-dealkylation sites (tertiary alicyclic amines) is 1. The Morgan fingerprint density at radius 2 is 1.75 bits per heavy atom. The van der Waals surface area contributed by atoms with E-state index in [1.54, 1.807) is 13.0 Å². The number of hydrogen-bond acceptors (Lipinski definition) is 7. The summed E-state index contributed by atoms with van der Waals surface area (Å²) < 4.78 is 45.7. The summed E-state index contributed by atoms with van der Waals surface area (Å²) in [6, 6.07) is 7.89. The molecule has 36 heavy (non-hydrogen) atoms. The van der Waals surface area contributed by atoms with Crippen LogP contribution in [0.4, 0.5) is 0 Å². The molecule has 9 nitrogen and oxygen atoms in total. The maximum Gasteiger partial charge on any atom is 0.248 e.